The molecule has 0 spiro atoms. The molecule has 9 rings (SSSR count). The number of nitrogens with zero attached hydrogens (tertiary/aromatic N) is 3. The lowest BCUT2D eigenvalue weighted by Gasteiger charge is -2.43. The lowest BCUT2D eigenvalue weighted by Crippen LogP contribution is -2.56. The molecule has 1 aliphatic carbocycles. The number of carbonyl (C=O) groups is 3. The van der Waals surface area contributed by atoms with Gasteiger partial charge < -0.3 is 24.8 Å². The van der Waals surface area contributed by atoms with Crippen molar-refractivity contribution in [3.8, 4) is 28.7 Å². The number of ether oxygens (including phenoxy) is 2. The van der Waals surface area contributed by atoms with Gasteiger partial charge in [0.1, 0.15) is 24.1 Å². The Labute approximate surface area is 394 Å². The summed E-state index contributed by atoms with van der Waals surface area (Å²) in [5.41, 5.74) is 8.31. The molecule has 0 radical (unpaired) electrons. The monoisotopic (exact) mass is 918 g/mol. The lowest BCUT2D eigenvalue weighted by molar-refractivity contribution is -0.143. The number of carboxylic acids is 1. The average molecular weight is 920 g/mol. The van der Waals surface area contributed by atoms with Crippen molar-refractivity contribution in [3.63, 3.8) is 0 Å². The molecule has 3 atom stereocenters. The fourth-order valence-electron chi connectivity index (χ4n) is 9.70. The molecule has 3 aliphatic rings. The van der Waals surface area contributed by atoms with Crippen molar-refractivity contribution in [1.82, 2.24) is 10.2 Å². The second-order valence-electron chi connectivity index (χ2n) is 17.6. The van der Waals surface area contributed by atoms with Crippen LogP contribution in [0, 0.1) is 11.3 Å². The highest BCUT2D eigenvalue weighted by atomic mass is 35.5. The number of carbonyl (C=O) groups excluding carboxylic acids is 2. The van der Waals surface area contributed by atoms with Gasteiger partial charge in [-0.2, -0.15) is 5.26 Å². The fraction of sp³-hybridized carbons (Fsp3) is 0.259. The predicted octanol–water partition coefficient (Wildman–Crippen LogP) is 10.3. The Morgan fingerprint density at radius 3 is 2.21 bits per heavy atom. The number of aliphatic carboxylic acids is 1. The van der Waals surface area contributed by atoms with Crippen LogP contribution in [0.2, 0.25) is 10.0 Å². The fourth-order valence-corrected chi connectivity index (χ4v) is 10.0. The molecule has 1 unspecified atom stereocenters. The first-order chi connectivity index (χ1) is 32.0. The Morgan fingerprint density at radius 2 is 1.55 bits per heavy atom. The number of halogens is 2. The Balaban J connectivity index is 0.960. The summed E-state index contributed by atoms with van der Waals surface area (Å²) in [7, 11) is 1.73. The van der Waals surface area contributed by atoms with Crippen LogP contribution < -0.4 is 19.7 Å². The first-order valence-electron chi connectivity index (χ1n) is 22.2. The molecule has 6 aromatic rings. The van der Waals surface area contributed by atoms with Crippen LogP contribution in [0.5, 0.6) is 11.5 Å². The van der Waals surface area contributed by atoms with Crippen molar-refractivity contribution in [2.45, 2.75) is 75.3 Å². The minimum Gasteiger partial charge on any atom is -0.489 e. The van der Waals surface area contributed by atoms with E-state index in [-0.39, 0.29) is 23.7 Å². The van der Waals surface area contributed by atoms with Crippen LogP contribution in [0.3, 0.4) is 0 Å². The molecule has 1 fully saturated rings. The Morgan fingerprint density at radius 1 is 0.864 bits per heavy atom. The highest BCUT2D eigenvalue weighted by molar-refractivity contribution is 6.42. The molecule has 334 valence electrons. The number of nitriles is 1. The topological polar surface area (TPSA) is 132 Å². The highest BCUT2D eigenvalue weighted by Crippen LogP contribution is 2.45. The van der Waals surface area contributed by atoms with E-state index in [0.29, 0.717) is 64.5 Å². The molecule has 1 saturated carbocycles. The Hall–Kier alpha value is -6.64. The van der Waals surface area contributed by atoms with Crippen LogP contribution in [0.25, 0.3) is 11.1 Å². The zero-order chi connectivity index (χ0) is 46.0. The highest BCUT2D eigenvalue weighted by Gasteiger charge is 2.43. The minimum atomic E-state index is -1.17. The molecule has 12 heteroatoms. The van der Waals surface area contributed by atoms with Crippen LogP contribution in [-0.4, -0.2) is 53.5 Å². The number of benzene rings is 6. The van der Waals surface area contributed by atoms with E-state index in [1.807, 2.05) is 84.9 Å². The average Bonchev–Trinajstić information content (AvgIpc) is 3.82. The SMILES string of the molecule is CN1C(=O)[C@H](c2ccc(OCc3ccc(Cl)c(Cl)c3)cc2)Oc2cc3c(cc21)CC(C(=O)N[C@@H](Cc1ccc(-c2ccc(C#N)cc2)cc1)C(=O)O)N(CC1(c2ccccc2)CCCC1)C3. The summed E-state index contributed by atoms with van der Waals surface area (Å²) in [5, 5.41) is 23.5. The molecule has 2 aliphatic heterocycles. The van der Waals surface area contributed by atoms with E-state index in [2.05, 4.69) is 40.6 Å². The number of likely N-dealkylation sites (N-methyl/N-ethyl adjacent to an activating group) is 1. The van der Waals surface area contributed by atoms with Gasteiger partial charge in [-0.1, -0.05) is 121 Å². The van der Waals surface area contributed by atoms with Gasteiger partial charge >= 0.3 is 5.97 Å². The molecular formula is C54H48Cl2N4O6. The zero-order valence-corrected chi connectivity index (χ0v) is 37.9. The molecule has 0 aromatic heterocycles. The van der Waals surface area contributed by atoms with E-state index in [9.17, 15) is 24.8 Å². The van der Waals surface area contributed by atoms with Gasteiger partial charge in [-0.05, 0) is 107 Å². The van der Waals surface area contributed by atoms with Gasteiger partial charge in [-0.25, -0.2) is 4.79 Å². The maximum Gasteiger partial charge on any atom is 0.326 e. The summed E-state index contributed by atoms with van der Waals surface area (Å²) < 4.78 is 12.5. The number of rotatable bonds is 13. The van der Waals surface area contributed by atoms with Crippen molar-refractivity contribution in [2.24, 2.45) is 0 Å². The summed E-state index contributed by atoms with van der Waals surface area (Å²) >= 11 is 12.3. The largest absolute Gasteiger partial charge is 0.489 e. The van der Waals surface area contributed by atoms with Gasteiger partial charge in [0.2, 0.25) is 12.0 Å². The molecule has 66 heavy (non-hydrogen) atoms. The summed E-state index contributed by atoms with van der Waals surface area (Å²) in [6.07, 6.45) is 3.64. The number of anilines is 1. The van der Waals surface area contributed by atoms with Gasteiger partial charge in [-0.15, -0.1) is 0 Å². The predicted molar refractivity (Wildman–Crippen MR) is 255 cm³/mol. The number of amides is 2. The quantitative estimate of drug-likeness (QED) is 0.117. The lowest BCUT2D eigenvalue weighted by atomic mass is 9.77. The summed E-state index contributed by atoms with van der Waals surface area (Å²) in [4.78, 5) is 45.3. The molecule has 2 amide bonds. The summed E-state index contributed by atoms with van der Waals surface area (Å²) in [5.74, 6) is -0.525. The first kappa shape index (κ1) is 44.6. The van der Waals surface area contributed by atoms with E-state index in [4.69, 9.17) is 32.7 Å². The van der Waals surface area contributed by atoms with Gasteiger partial charge in [0.15, 0.2) is 0 Å². The molecule has 10 nitrogen and oxygen atoms in total. The Bertz CT molecular complexity index is 2810. The third-order valence-corrected chi connectivity index (χ3v) is 14.1. The minimum absolute atomic E-state index is 0.0966. The maximum atomic E-state index is 14.6. The third-order valence-electron chi connectivity index (χ3n) is 13.4. The molecule has 0 bridgehead atoms. The number of hydrogen-bond acceptors (Lipinski definition) is 7. The smallest absolute Gasteiger partial charge is 0.326 e. The second kappa shape index (κ2) is 19.1. The van der Waals surface area contributed by atoms with Crippen molar-refractivity contribution in [3.05, 3.63) is 182 Å². The van der Waals surface area contributed by atoms with E-state index in [0.717, 1.165) is 59.1 Å². The van der Waals surface area contributed by atoms with E-state index in [1.54, 1.807) is 36.2 Å². The van der Waals surface area contributed by atoms with E-state index >= 15 is 0 Å². The molecule has 0 saturated heterocycles. The van der Waals surface area contributed by atoms with Crippen LogP contribution in [0.4, 0.5) is 5.69 Å². The molecule has 6 aromatic carbocycles. The number of carboxylic acid groups (broad SMARTS) is 1. The van der Waals surface area contributed by atoms with Gasteiger partial charge in [0.25, 0.3) is 5.91 Å². The molecular weight excluding hydrogens is 872 g/mol. The third kappa shape index (κ3) is 9.38. The van der Waals surface area contributed by atoms with Crippen LogP contribution in [-0.2, 0) is 45.8 Å². The Kier molecular flexibility index (Phi) is 12.9. The normalized spacial score (nSPS) is 18.0. The van der Waals surface area contributed by atoms with Crippen molar-refractivity contribution >= 4 is 46.7 Å². The number of nitrogens with one attached hydrogen (secondary N) is 1. The first-order valence-corrected chi connectivity index (χ1v) is 22.9. The summed E-state index contributed by atoms with van der Waals surface area (Å²) in [6.45, 7) is 1.33. The molecule has 2 heterocycles. The maximum absolute atomic E-state index is 14.6. The second-order valence-corrected chi connectivity index (χ2v) is 18.4. The van der Waals surface area contributed by atoms with Crippen molar-refractivity contribution in [1.29, 1.82) is 5.26 Å². The standard InChI is InChI=1S/C54H48Cl2N4O6/c1-59-47-27-40-28-48(51(61)58-46(53(63)64)26-34-9-14-37(15-10-34)38-16-11-35(30-57)12-17-38)60(33-54(23-5-6-24-54)42-7-3-2-4-8-42)31-41(40)29-49(47)66-50(52(59)62)39-18-20-43(21-19-39)65-32-36-13-22-44(55)45(56)25-36/h2-4,7-22,25,27,29,46,48,50H,5-6,23-24,26,28,31-33H2,1H3,(H,58,61)(H,63,64)/t46-,48?,50-/m0/s1. The summed E-state index contributed by atoms with van der Waals surface area (Å²) in [6, 6.07) is 42.2. The van der Waals surface area contributed by atoms with Crippen LogP contribution in [0.1, 0.15) is 70.7 Å². The van der Waals surface area contributed by atoms with E-state index < -0.39 is 24.2 Å². The van der Waals surface area contributed by atoms with Crippen LogP contribution in [0.15, 0.2) is 133 Å². The number of hydrogen-bond donors (Lipinski definition) is 2. The van der Waals surface area contributed by atoms with Gasteiger partial charge in [0.05, 0.1) is 33.4 Å². The van der Waals surface area contributed by atoms with E-state index in [1.165, 1.54) is 5.56 Å². The van der Waals surface area contributed by atoms with Crippen molar-refractivity contribution < 1.29 is 29.0 Å². The van der Waals surface area contributed by atoms with Crippen molar-refractivity contribution in [2.75, 3.05) is 18.5 Å². The van der Waals surface area contributed by atoms with Gasteiger partial charge in [-0.3, -0.25) is 14.5 Å². The zero-order valence-electron chi connectivity index (χ0n) is 36.4. The van der Waals surface area contributed by atoms with Gasteiger partial charge in [0, 0.05) is 37.5 Å². The van der Waals surface area contributed by atoms with Crippen LogP contribution >= 0.6 is 23.2 Å². The molecule has 2 N–H and O–H groups in total. The number of fused-ring (bicyclic) bond motifs is 2.